The molecule has 0 radical (unpaired) electrons. The smallest absolute Gasteiger partial charge is 0.307 e. The molecule has 3 aromatic carbocycles. The van der Waals surface area contributed by atoms with Crippen LogP contribution in [0.25, 0.3) is 10.8 Å². The van der Waals surface area contributed by atoms with Crippen LogP contribution in [0.1, 0.15) is 39.2 Å². The molecule has 0 aromatic heterocycles. The Morgan fingerprint density at radius 2 is 1.61 bits per heavy atom. The fraction of sp³-hybridized carbons (Fsp3) is 0.452. The second kappa shape index (κ2) is 13.9. The molecule has 206 valence electrons. The summed E-state index contributed by atoms with van der Waals surface area (Å²) < 4.78 is 13.7. The van der Waals surface area contributed by atoms with Crippen molar-refractivity contribution in [2.75, 3.05) is 52.8 Å². The third-order valence-electron chi connectivity index (χ3n) is 5.97. The molecule has 38 heavy (non-hydrogen) atoms. The highest BCUT2D eigenvalue weighted by molar-refractivity contribution is 7.97. The minimum Gasteiger partial charge on any atom is -0.494 e. The molecule has 0 N–H and O–H groups in total. The number of anilines is 1. The average Bonchev–Trinajstić information content (AvgIpc) is 2.84. The SMILES string of the molecule is CN(CCCOc1cccc(CN(C)Sc2cccc3c(N(C)C)cccc23)c1)CCC(=O)OC(C)(C)C. The van der Waals surface area contributed by atoms with Gasteiger partial charge in [0.1, 0.15) is 11.4 Å². The van der Waals surface area contributed by atoms with E-state index >= 15 is 0 Å². The molecule has 0 atom stereocenters. The van der Waals surface area contributed by atoms with Gasteiger partial charge in [-0.2, -0.15) is 0 Å². The first-order valence-electron chi connectivity index (χ1n) is 13.2. The Bertz CT molecular complexity index is 1190. The average molecular weight is 538 g/mol. The third kappa shape index (κ3) is 9.53. The Labute approximate surface area is 233 Å². The lowest BCUT2D eigenvalue weighted by Crippen LogP contribution is -2.28. The number of esters is 1. The van der Waals surface area contributed by atoms with Crippen molar-refractivity contribution >= 4 is 34.4 Å². The molecule has 0 aliphatic rings. The minimum atomic E-state index is -0.433. The Morgan fingerprint density at radius 3 is 2.34 bits per heavy atom. The first-order chi connectivity index (χ1) is 18.0. The van der Waals surface area contributed by atoms with Crippen molar-refractivity contribution in [2.24, 2.45) is 0 Å². The molecule has 0 heterocycles. The van der Waals surface area contributed by atoms with Crippen LogP contribution in [0.15, 0.2) is 65.6 Å². The normalized spacial score (nSPS) is 11.8. The van der Waals surface area contributed by atoms with Gasteiger partial charge >= 0.3 is 5.97 Å². The highest BCUT2D eigenvalue weighted by Crippen LogP contribution is 2.34. The molecule has 7 heteroatoms. The van der Waals surface area contributed by atoms with Gasteiger partial charge in [-0.15, -0.1) is 0 Å². The van der Waals surface area contributed by atoms with Crippen LogP contribution in [0.3, 0.4) is 0 Å². The monoisotopic (exact) mass is 537 g/mol. The van der Waals surface area contributed by atoms with Crippen LogP contribution in [-0.2, 0) is 16.1 Å². The van der Waals surface area contributed by atoms with Crippen LogP contribution in [-0.4, -0.2) is 68.7 Å². The van der Waals surface area contributed by atoms with Gasteiger partial charge < -0.3 is 19.3 Å². The van der Waals surface area contributed by atoms with Crippen molar-refractivity contribution in [1.29, 1.82) is 0 Å². The van der Waals surface area contributed by atoms with Crippen molar-refractivity contribution in [3.8, 4) is 5.75 Å². The number of rotatable bonds is 13. The standard InChI is InChI=1S/C31H43N3O3S/c1-31(2,3)37-30(35)18-20-33(6)19-11-21-36-25-13-8-12-24(22-25)23-34(7)38-29-17-10-14-26-27(29)15-9-16-28(26)32(4)5/h8-10,12-17,22H,11,18-21,23H2,1-7H3. The number of hydrogen-bond acceptors (Lipinski definition) is 7. The summed E-state index contributed by atoms with van der Waals surface area (Å²) in [5, 5.41) is 2.53. The second-order valence-corrected chi connectivity index (χ2v) is 12.1. The van der Waals surface area contributed by atoms with Gasteiger partial charge in [-0.1, -0.05) is 36.4 Å². The van der Waals surface area contributed by atoms with Crippen LogP contribution < -0.4 is 9.64 Å². The Kier molecular flexibility index (Phi) is 10.9. The van der Waals surface area contributed by atoms with Crippen LogP contribution >= 0.6 is 11.9 Å². The summed E-state index contributed by atoms with van der Waals surface area (Å²) in [6, 6.07) is 21.3. The van der Waals surface area contributed by atoms with Crippen molar-refractivity contribution in [3.05, 3.63) is 66.2 Å². The van der Waals surface area contributed by atoms with Gasteiger partial charge in [0, 0.05) is 49.7 Å². The van der Waals surface area contributed by atoms with Crippen molar-refractivity contribution in [3.63, 3.8) is 0 Å². The maximum Gasteiger partial charge on any atom is 0.307 e. The predicted octanol–water partition coefficient (Wildman–Crippen LogP) is 6.48. The van der Waals surface area contributed by atoms with Gasteiger partial charge in [0.25, 0.3) is 0 Å². The molecule has 0 amide bonds. The summed E-state index contributed by atoms with van der Waals surface area (Å²) >= 11 is 1.76. The van der Waals surface area contributed by atoms with Crippen molar-refractivity contribution < 1.29 is 14.3 Å². The fourth-order valence-corrected chi connectivity index (χ4v) is 5.20. The number of carbonyl (C=O) groups is 1. The summed E-state index contributed by atoms with van der Waals surface area (Å²) in [6.45, 7) is 8.66. The molecule has 6 nitrogen and oxygen atoms in total. The molecule has 0 bridgehead atoms. The van der Waals surface area contributed by atoms with Gasteiger partial charge in [0.2, 0.25) is 0 Å². The van der Waals surface area contributed by atoms with Crippen molar-refractivity contribution in [1.82, 2.24) is 9.21 Å². The van der Waals surface area contributed by atoms with E-state index in [2.05, 4.69) is 89.8 Å². The van der Waals surface area contributed by atoms with Crippen LogP contribution in [0.5, 0.6) is 5.75 Å². The quantitative estimate of drug-likeness (QED) is 0.141. The first-order valence-corrected chi connectivity index (χ1v) is 14.0. The van der Waals surface area contributed by atoms with E-state index in [4.69, 9.17) is 9.47 Å². The first kappa shape index (κ1) is 29.8. The minimum absolute atomic E-state index is 0.153. The highest BCUT2D eigenvalue weighted by atomic mass is 32.2. The fourth-order valence-electron chi connectivity index (χ4n) is 4.24. The lowest BCUT2D eigenvalue weighted by molar-refractivity contribution is -0.155. The van der Waals surface area contributed by atoms with Crippen LogP contribution in [0.4, 0.5) is 5.69 Å². The van der Waals surface area contributed by atoms with Gasteiger partial charge in [-0.25, -0.2) is 4.31 Å². The van der Waals surface area contributed by atoms with E-state index in [0.29, 0.717) is 19.6 Å². The number of benzene rings is 3. The zero-order valence-corrected chi connectivity index (χ0v) is 24.8. The zero-order chi connectivity index (χ0) is 27.7. The van der Waals surface area contributed by atoms with E-state index in [-0.39, 0.29) is 5.97 Å². The molecule has 0 aliphatic carbocycles. The summed E-state index contributed by atoms with van der Waals surface area (Å²) in [4.78, 5) is 17.5. The van der Waals surface area contributed by atoms with E-state index in [9.17, 15) is 4.79 Å². The molecule has 0 aliphatic heterocycles. The second-order valence-electron chi connectivity index (χ2n) is 10.9. The maximum atomic E-state index is 11.9. The van der Waals surface area contributed by atoms with E-state index in [1.807, 2.05) is 33.9 Å². The van der Waals surface area contributed by atoms with Gasteiger partial charge in [-0.05, 0) is 88.5 Å². The van der Waals surface area contributed by atoms with E-state index in [1.165, 1.54) is 26.9 Å². The van der Waals surface area contributed by atoms with Crippen molar-refractivity contribution in [2.45, 2.75) is 50.7 Å². The lowest BCUT2D eigenvalue weighted by atomic mass is 10.1. The Balaban J connectivity index is 1.46. The molecule has 0 saturated carbocycles. The van der Waals surface area contributed by atoms with E-state index in [1.54, 1.807) is 11.9 Å². The predicted molar refractivity (Wildman–Crippen MR) is 160 cm³/mol. The van der Waals surface area contributed by atoms with Gasteiger partial charge in [0.05, 0.1) is 13.0 Å². The third-order valence-corrected chi connectivity index (χ3v) is 6.96. The lowest BCUT2D eigenvalue weighted by Gasteiger charge is -2.21. The number of carbonyl (C=O) groups excluding carboxylic acids is 1. The Hall–Kier alpha value is -2.74. The van der Waals surface area contributed by atoms with Crippen LogP contribution in [0, 0.1) is 0 Å². The summed E-state index contributed by atoms with van der Waals surface area (Å²) in [7, 11) is 8.32. The van der Waals surface area contributed by atoms with E-state index < -0.39 is 5.60 Å². The van der Waals surface area contributed by atoms with Gasteiger partial charge in [0.15, 0.2) is 0 Å². The molecule has 0 unspecified atom stereocenters. The molecule has 3 aromatic rings. The summed E-state index contributed by atoms with van der Waals surface area (Å²) in [6.07, 6.45) is 1.29. The largest absolute Gasteiger partial charge is 0.494 e. The molecule has 0 fully saturated rings. The number of ether oxygens (including phenoxy) is 2. The summed E-state index contributed by atoms with van der Waals surface area (Å²) in [5.41, 5.74) is 2.00. The maximum absolute atomic E-state index is 11.9. The number of nitrogens with zero attached hydrogens (tertiary/aromatic N) is 3. The van der Waals surface area contributed by atoms with E-state index in [0.717, 1.165) is 25.3 Å². The molecular weight excluding hydrogens is 494 g/mol. The van der Waals surface area contributed by atoms with Crippen LogP contribution in [0.2, 0.25) is 0 Å². The van der Waals surface area contributed by atoms with Gasteiger partial charge in [-0.3, -0.25) is 4.79 Å². The number of hydrogen-bond donors (Lipinski definition) is 0. The Morgan fingerprint density at radius 1 is 0.895 bits per heavy atom. The summed E-state index contributed by atoms with van der Waals surface area (Å²) in [5.74, 6) is 0.734. The molecule has 0 saturated heterocycles. The molecular formula is C31H43N3O3S. The highest BCUT2D eigenvalue weighted by Gasteiger charge is 2.16. The molecule has 3 rings (SSSR count). The zero-order valence-electron chi connectivity index (χ0n) is 24.0. The molecule has 0 spiro atoms. The number of fused-ring (bicyclic) bond motifs is 1. The topological polar surface area (TPSA) is 45.2 Å².